The fourth-order valence-electron chi connectivity index (χ4n) is 2.66. The zero-order valence-corrected chi connectivity index (χ0v) is 15.6. The molecule has 1 heterocycles. The van der Waals surface area contributed by atoms with Crippen LogP contribution in [-0.2, 0) is 11.2 Å². The molecule has 0 saturated heterocycles. The van der Waals surface area contributed by atoms with Crippen molar-refractivity contribution in [2.45, 2.75) is 6.42 Å². The van der Waals surface area contributed by atoms with E-state index in [4.69, 9.17) is 0 Å². The first-order chi connectivity index (χ1) is 12.2. The third kappa shape index (κ3) is 4.28. The summed E-state index contributed by atoms with van der Waals surface area (Å²) in [4.78, 5) is 15.5. The third-order valence-electron chi connectivity index (χ3n) is 3.88. The maximum absolute atomic E-state index is 12.2. The lowest BCUT2D eigenvalue weighted by molar-refractivity contribution is -0.117. The van der Waals surface area contributed by atoms with E-state index in [0.717, 1.165) is 25.6 Å². The predicted octanol–water partition coefficient (Wildman–Crippen LogP) is 4.04. The molecular weight excluding hydrogens is 425 g/mol. The second-order valence-electron chi connectivity index (χ2n) is 5.59. The van der Waals surface area contributed by atoms with Crippen molar-refractivity contribution in [3.8, 4) is 6.07 Å². The lowest BCUT2D eigenvalue weighted by atomic mass is 10.1. The Balaban J connectivity index is 1.64. The number of carbonyl (C=O) groups is 1. The highest BCUT2D eigenvalue weighted by atomic mass is 127. The number of rotatable bonds is 5. The first-order valence-corrected chi connectivity index (χ1v) is 8.96. The summed E-state index contributed by atoms with van der Waals surface area (Å²) in [6.07, 6.45) is 4.28. The second kappa shape index (κ2) is 7.99. The van der Waals surface area contributed by atoms with Crippen molar-refractivity contribution in [2.24, 2.45) is 0 Å². The molecule has 124 valence electrons. The van der Waals surface area contributed by atoms with Crippen molar-refractivity contribution in [1.29, 1.82) is 5.26 Å². The van der Waals surface area contributed by atoms with Gasteiger partial charge in [-0.1, -0.05) is 30.3 Å². The predicted molar refractivity (Wildman–Crippen MR) is 108 cm³/mol. The number of para-hydroxylation sites is 1. The number of fused-ring (bicyclic) bond motifs is 1. The van der Waals surface area contributed by atoms with Crippen LogP contribution in [0.1, 0.15) is 11.1 Å². The molecule has 3 aromatic rings. The van der Waals surface area contributed by atoms with Crippen LogP contribution in [0.15, 0.2) is 60.3 Å². The average Bonchev–Trinajstić information content (AvgIpc) is 3.03. The van der Waals surface area contributed by atoms with Crippen LogP contribution in [0.25, 0.3) is 17.0 Å². The third-order valence-corrected chi connectivity index (χ3v) is 4.55. The van der Waals surface area contributed by atoms with Gasteiger partial charge in [-0.05, 0) is 64.4 Å². The summed E-state index contributed by atoms with van der Waals surface area (Å²) in [5.74, 6) is -0.346. The van der Waals surface area contributed by atoms with E-state index in [-0.39, 0.29) is 11.5 Å². The van der Waals surface area contributed by atoms with Crippen LogP contribution in [0.5, 0.6) is 0 Å². The highest BCUT2D eigenvalue weighted by Crippen LogP contribution is 2.17. The zero-order chi connectivity index (χ0) is 17.6. The molecule has 5 heteroatoms. The van der Waals surface area contributed by atoms with Gasteiger partial charge < -0.3 is 10.3 Å². The molecule has 3 rings (SSSR count). The van der Waals surface area contributed by atoms with Gasteiger partial charge >= 0.3 is 0 Å². The van der Waals surface area contributed by atoms with Gasteiger partial charge in [0.25, 0.3) is 5.91 Å². The molecule has 25 heavy (non-hydrogen) atoms. The largest absolute Gasteiger partial charge is 0.361 e. The molecule has 0 atom stereocenters. The van der Waals surface area contributed by atoms with Crippen LogP contribution >= 0.6 is 22.6 Å². The molecule has 0 saturated carbocycles. The minimum absolute atomic E-state index is 0.112. The van der Waals surface area contributed by atoms with Crippen molar-refractivity contribution in [3.05, 3.63) is 75.0 Å². The Bertz CT molecular complexity index is 982. The smallest absolute Gasteiger partial charge is 0.261 e. The van der Waals surface area contributed by atoms with Crippen molar-refractivity contribution < 1.29 is 4.79 Å². The molecule has 0 aliphatic heterocycles. The number of halogens is 1. The lowest BCUT2D eigenvalue weighted by Crippen LogP contribution is -2.26. The summed E-state index contributed by atoms with van der Waals surface area (Å²) < 4.78 is 1.06. The Morgan fingerprint density at radius 3 is 2.88 bits per heavy atom. The van der Waals surface area contributed by atoms with E-state index in [1.165, 1.54) is 0 Å². The number of nitrogens with one attached hydrogen (secondary N) is 2. The summed E-state index contributed by atoms with van der Waals surface area (Å²) in [5, 5.41) is 13.3. The average molecular weight is 441 g/mol. The maximum atomic E-state index is 12.2. The normalized spacial score (nSPS) is 11.3. The van der Waals surface area contributed by atoms with Gasteiger partial charge in [-0.2, -0.15) is 5.26 Å². The number of nitriles is 1. The Labute approximate surface area is 159 Å². The van der Waals surface area contributed by atoms with E-state index in [1.807, 2.05) is 54.7 Å². The van der Waals surface area contributed by atoms with Gasteiger partial charge in [0.2, 0.25) is 0 Å². The van der Waals surface area contributed by atoms with Gasteiger partial charge in [0, 0.05) is 27.2 Å². The maximum Gasteiger partial charge on any atom is 0.261 e. The highest BCUT2D eigenvalue weighted by Gasteiger charge is 2.09. The van der Waals surface area contributed by atoms with Gasteiger partial charge in [0.15, 0.2) is 0 Å². The summed E-state index contributed by atoms with van der Waals surface area (Å²) in [6.45, 7) is 0.478. The van der Waals surface area contributed by atoms with Crippen LogP contribution in [0.3, 0.4) is 0 Å². The number of hydrogen-bond acceptors (Lipinski definition) is 2. The van der Waals surface area contributed by atoms with E-state index in [9.17, 15) is 10.1 Å². The Morgan fingerprint density at radius 2 is 2.08 bits per heavy atom. The minimum atomic E-state index is -0.346. The van der Waals surface area contributed by atoms with Crippen LogP contribution in [0, 0.1) is 14.9 Å². The molecule has 0 unspecified atom stereocenters. The van der Waals surface area contributed by atoms with Gasteiger partial charge in [-0.25, -0.2) is 0 Å². The quantitative estimate of drug-likeness (QED) is 0.357. The summed E-state index contributed by atoms with van der Waals surface area (Å²) in [6, 6.07) is 17.7. The topological polar surface area (TPSA) is 68.7 Å². The number of hydrogen-bond donors (Lipinski definition) is 2. The number of benzene rings is 2. The zero-order valence-electron chi connectivity index (χ0n) is 13.4. The molecule has 1 aromatic heterocycles. The second-order valence-corrected chi connectivity index (χ2v) is 6.84. The molecule has 0 aliphatic carbocycles. The van der Waals surface area contributed by atoms with Crippen LogP contribution < -0.4 is 5.32 Å². The molecule has 0 radical (unpaired) electrons. The molecule has 0 aliphatic rings. The summed E-state index contributed by atoms with van der Waals surface area (Å²) in [7, 11) is 0. The molecule has 0 spiro atoms. The van der Waals surface area contributed by atoms with E-state index in [0.29, 0.717) is 13.0 Å². The molecule has 0 fully saturated rings. The fourth-order valence-corrected chi connectivity index (χ4v) is 3.22. The number of carbonyl (C=O) groups excluding carboxylic acids is 1. The first kappa shape index (κ1) is 17.2. The number of H-pyrrole nitrogens is 1. The Morgan fingerprint density at radius 1 is 1.24 bits per heavy atom. The highest BCUT2D eigenvalue weighted by molar-refractivity contribution is 14.1. The van der Waals surface area contributed by atoms with Gasteiger partial charge in [0.05, 0.1) is 0 Å². The molecule has 2 aromatic carbocycles. The van der Waals surface area contributed by atoms with Gasteiger partial charge in [-0.15, -0.1) is 0 Å². The van der Waals surface area contributed by atoms with Crippen LogP contribution in [0.4, 0.5) is 0 Å². The van der Waals surface area contributed by atoms with Gasteiger partial charge in [-0.3, -0.25) is 4.79 Å². The summed E-state index contributed by atoms with van der Waals surface area (Å²) in [5.41, 5.74) is 3.19. The van der Waals surface area contributed by atoms with E-state index >= 15 is 0 Å². The fraction of sp³-hybridized carbons (Fsp3) is 0.100. The van der Waals surface area contributed by atoms with E-state index < -0.39 is 0 Å². The molecule has 1 amide bonds. The first-order valence-electron chi connectivity index (χ1n) is 7.88. The number of aromatic amines is 1. The number of aromatic nitrogens is 1. The van der Waals surface area contributed by atoms with Crippen molar-refractivity contribution in [2.75, 3.05) is 6.54 Å². The minimum Gasteiger partial charge on any atom is -0.361 e. The Kier molecular flexibility index (Phi) is 5.51. The monoisotopic (exact) mass is 441 g/mol. The van der Waals surface area contributed by atoms with Crippen molar-refractivity contribution in [3.63, 3.8) is 0 Å². The van der Waals surface area contributed by atoms with E-state index in [2.05, 4.69) is 39.0 Å². The molecule has 4 nitrogen and oxygen atoms in total. The Hall–Kier alpha value is -2.59. The van der Waals surface area contributed by atoms with Crippen LogP contribution in [0.2, 0.25) is 0 Å². The molecular formula is C20H16IN3O. The standard InChI is InChI=1S/C20H16IN3O/c21-17-5-3-4-14(11-17)10-16(12-22)20(25)23-9-8-15-13-24-19-7-2-1-6-18(15)19/h1-7,10-11,13,24H,8-9H2,(H,23,25). The van der Waals surface area contributed by atoms with Crippen molar-refractivity contribution >= 4 is 45.5 Å². The van der Waals surface area contributed by atoms with E-state index in [1.54, 1.807) is 6.08 Å². The lowest BCUT2D eigenvalue weighted by Gasteiger charge is -2.04. The number of amides is 1. The van der Waals surface area contributed by atoms with Crippen LogP contribution in [-0.4, -0.2) is 17.4 Å². The molecule has 0 bridgehead atoms. The van der Waals surface area contributed by atoms with Gasteiger partial charge in [0.1, 0.15) is 11.6 Å². The summed E-state index contributed by atoms with van der Waals surface area (Å²) >= 11 is 2.20. The van der Waals surface area contributed by atoms with Crippen molar-refractivity contribution in [1.82, 2.24) is 10.3 Å². The SMILES string of the molecule is N#CC(=Cc1cccc(I)c1)C(=O)NCCc1c[nH]c2ccccc12. The molecule has 2 N–H and O–H groups in total. The number of nitrogens with zero attached hydrogens (tertiary/aromatic N) is 1.